The van der Waals surface area contributed by atoms with Gasteiger partial charge in [0.2, 0.25) is 5.88 Å². The summed E-state index contributed by atoms with van der Waals surface area (Å²) >= 11 is 0. The van der Waals surface area contributed by atoms with Crippen LogP contribution in [0.5, 0.6) is 11.6 Å². The molecule has 0 spiro atoms. The second-order valence-corrected chi connectivity index (χ2v) is 4.35. The van der Waals surface area contributed by atoms with Crippen molar-refractivity contribution in [2.45, 2.75) is 0 Å². The van der Waals surface area contributed by atoms with E-state index < -0.39 is 0 Å². The normalized spacial score (nSPS) is 10.2. The van der Waals surface area contributed by atoms with Gasteiger partial charge in [0.1, 0.15) is 5.75 Å². The predicted molar refractivity (Wildman–Crippen MR) is 77.9 cm³/mol. The standard InChI is InChI=1S/C14H11N6O2/c1-20-8-10(5-19-20)12-4-11(2-3-15-12)22-14-7-16-13(6-17-14)18-9-21/h2-8H,1H3,(H,16,18,21). The fourth-order valence-corrected chi connectivity index (χ4v) is 1.79. The number of aromatic nitrogens is 5. The minimum Gasteiger partial charge on any atom is -0.437 e. The van der Waals surface area contributed by atoms with Crippen molar-refractivity contribution in [3.63, 3.8) is 0 Å². The molecule has 0 atom stereocenters. The van der Waals surface area contributed by atoms with Crippen LogP contribution < -0.4 is 10.1 Å². The van der Waals surface area contributed by atoms with Gasteiger partial charge in [0.25, 0.3) is 0 Å². The molecule has 0 aliphatic carbocycles. The summed E-state index contributed by atoms with van der Waals surface area (Å²) in [5.41, 5.74) is 1.63. The second kappa shape index (κ2) is 6.00. The number of nitrogens with one attached hydrogen (secondary N) is 1. The van der Waals surface area contributed by atoms with Crippen molar-refractivity contribution in [2.24, 2.45) is 7.05 Å². The highest BCUT2D eigenvalue weighted by Gasteiger charge is 2.05. The van der Waals surface area contributed by atoms with E-state index in [-0.39, 0.29) is 0 Å². The fourth-order valence-electron chi connectivity index (χ4n) is 1.79. The maximum absolute atomic E-state index is 10.2. The summed E-state index contributed by atoms with van der Waals surface area (Å²) in [6.07, 6.45) is 9.54. The average molecular weight is 295 g/mol. The number of hydrogen-bond donors (Lipinski definition) is 1. The molecule has 1 N–H and O–H groups in total. The highest BCUT2D eigenvalue weighted by molar-refractivity contribution is 5.68. The molecular weight excluding hydrogens is 284 g/mol. The molecule has 22 heavy (non-hydrogen) atoms. The Morgan fingerprint density at radius 2 is 2.14 bits per heavy atom. The highest BCUT2D eigenvalue weighted by Crippen LogP contribution is 2.24. The topological polar surface area (TPSA) is 94.8 Å². The summed E-state index contributed by atoms with van der Waals surface area (Å²) in [6.45, 7) is 0. The maximum atomic E-state index is 10.2. The summed E-state index contributed by atoms with van der Waals surface area (Å²) in [6, 6.07) is 3.50. The third-order valence-electron chi connectivity index (χ3n) is 2.76. The van der Waals surface area contributed by atoms with Gasteiger partial charge in [-0.2, -0.15) is 5.10 Å². The zero-order valence-electron chi connectivity index (χ0n) is 11.6. The molecule has 0 aliphatic heterocycles. The smallest absolute Gasteiger partial charge is 0.315 e. The lowest BCUT2D eigenvalue weighted by Gasteiger charge is -2.05. The van der Waals surface area contributed by atoms with Crippen molar-refractivity contribution in [1.29, 1.82) is 0 Å². The second-order valence-electron chi connectivity index (χ2n) is 4.35. The molecule has 0 aromatic carbocycles. The van der Waals surface area contributed by atoms with Crippen LogP contribution in [0.4, 0.5) is 5.82 Å². The largest absolute Gasteiger partial charge is 0.437 e. The van der Waals surface area contributed by atoms with Crippen LogP contribution >= 0.6 is 0 Å². The Balaban J connectivity index is 1.79. The van der Waals surface area contributed by atoms with Gasteiger partial charge < -0.3 is 10.1 Å². The van der Waals surface area contributed by atoms with Gasteiger partial charge in [0.05, 0.1) is 24.3 Å². The van der Waals surface area contributed by atoms with Crippen LogP contribution in [-0.4, -0.2) is 31.1 Å². The maximum Gasteiger partial charge on any atom is 0.315 e. The molecule has 3 rings (SSSR count). The van der Waals surface area contributed by atoms with E-state index in [0.29, 0.717) is 17.4 Å². The quantitative estimate of drug-likeness (QED) is 0.717. The lowest BCUT2D eigenvalue weighted by molar-refractivity contribution is 0.460. The molecule has 3 heterocycles. The zero-order valence-corrected chi connectivity index (χ0v) is 11.6. The van der Waals surface area contributed by atoms with Crippen molar-refractivity contribution < 1.29 is 9.53 Å². The molecule has 109 valence electrons. The molecular formula is C14H11N6O2. The van der Waals surface area contributed by atoms with Crippen LogP contribution in [0.3, 0.4) is 0 Å². The van der Waals surface area contributed by atoms with Gasteiger partial charge in [-0.25, -0.2) is 9.97 Å². The van der Waals surface area contributed by atoms with Crippen LogP contribution in [0.25, 0.3) is 11.3 Å². The van der Waals surface area contributed by atoms with Crippen molar-refractivity contribution in [2.75, 3.05) is 5.32 Å². The molecule has 1 amide bonds. The van der Waals surface area contributed by atoms with E-state index in [0.717, 1.165) is 11.3 Å². The molecule has 3 aromatic heterocycles. The number of carbonyl (C=O) groups excluding carboxylic acids is 1. The third kappa shape index (κ3) is 3.06. The van der Waals surface area contributed by atoms with Gasteiger partial charge in [-0.05, 0) is 6.07 Å². The molecule has 0 unspecified atom stereocenters. The summed E-state index contributed by atoms with van der Waals surface area (Å²) in [5, 5.41) is 6.39. The number of amides is 1. The van der Waals surface area contributed by atoms with E-state index >= 15 is 0 Å². The number of pyridine rings is 1. The van der Waals surface area contributed by atoms with E-state index in [1.807, 2.05) is 13.2 Å². The van der Waals surface area contributed by atoms with Gasteiger partial charge in [0.15, 0.2) is 5.82 Å². The Morgan fingerprint density at radius 3 is 2.82 bits per heavy atom. The lowest BCUT2D eigenvalue weighted by atomic mass is 10.2. The average Bonchev–Trinajstić information content (AvgIpc) is 2.97. The molecule has 3 aromatic rings. The Kier molecular flexibility index (Phi) is 3.73. The van der Waals surface area contributed by atoms with Crippen LogP contribution in [0.2, 0.25) is 0 Å². The van der Waals surface area contributed by atoms with Crippen molar-refractivity contribution in [3.8, 4) is 22.9 Å². The zero-order chi connectivity index (χ0) is 15.4. The summed E-state index contributed by atoms with van der Waals surface area (Å²) in [7, 11) is 1.84. The third-order valence-corrected chi connectivity index (χ3v) is 2.76. The van der Waals surface area contributed by atoms with Crippen LogP contribution in [0.15, 0.2) is 43.1 Å². The monoisotopic (exact) mass is 295 g/mol. The van der Waals surface area contributed by atoms with Gasteiger partial charge >= 0.3 is 6.41 Å². The highest BCUT2D eigenvalue weighted by atomic mass is 16.5. The van der Waals surface area contributed by atoms with Gasteiger partial charge in [-0.1, -0.05) is 0 Å². The fraction of sp³-hybridized carbons (Fsp3) is 0.0714. The van der Waals surface area contributed by atoms with Crippen molar-refractivity contribution in [3.05, 3.63) is 43.1 Å². The number of rotatable bonds is 5. The summed E-state index contributed by atoms with van der Waals surface area (Å²) in [5.74, 6) is 1.18. The molecule has 8 heteroatoms. The molecule has 8 nitrogen and oxygen atoms in total. The molecule has 1 radical (unpaired) electrons. The Hall–Kier alpha value is -3.29. The first-order chi connectivity index (χ1) is 10.7. The van der Waals surface area contributed by atoms with E-state index in [4.69, 9.17) is 4.74 Å². The molecule has 0 fully saturated rings. The van der Waals surface area contributed by atoms with E-state index in [1.165, 1.54) is 18.8 Å². The Morgan fingerprint density at radius 1 is 1.23 bits per heavy atom. The van der Waals surface area contributed by atoms with Crippen LogP contribution in [0, 0.1) is 0 Å². The minimum absolute atomic E-state index is 0.299. The van der Waals surface area contributed by atoms with Crippen molar-refractivity contribution in [1.82, 2.24) is 24.7 Å². The number of hydrogen-bond acceptors (Lipinski definition) is 6. The van der Waals surface area contributed by atoms with Crippen LogP contribution in [0.1, 0.15) is 0 Å². The van der Waals surface area contributed by atoms with E-state index in [2.05, 4.69) is 25.4 Å². The first-order valence-electron chi connectivity index (χ1n) is 6.33. The van der Waals surface area contributed by atoms with Crippen molar-refractivity contribution >= 4 is 12.2 Å². The van der Waals surface area contributed by atoms with Gasteiger partial charge in [0, 0.05) is 31.1 Å². The van der Waals surface area contributed by atoms with Gasteiger partial charge in [-0.15, -0.1) is 0 Å². The summed E-state index contributed by atoms with van der Waals surface area (Å²) < 4.78 is 7.31. The number of aryl methyl sites for hydroxylation is 1. The summed E-state index contributed by atoms with van der Waals surface area (Å²) in [4.78, 5) is 22.5. The molecule has 0 bridgehead atoms. The van der Waals surface area contributed by atoms with Gasteiger partial charge in [-0.3, -0.25) is 14.5 Å². The number of nitrogens with zero attached hydrogens (tertiary/aromatic N) is 5. The first-order valence-corrected chi connectivity index (χ1v) is 6.33. The van der Waals surface area contributed by atoms with E-state index in [9.17, 15) is 4.79 Å². The Bertz CT molecular complexity index is 784. The molecule has 0 saturated carbocycles. The Labute approximate surface area is 125 Å². The van der Waals surface area contributed by atoms with E-state index in [1.54, 1.807) is 29.2 Å². The predicted octanol–water partition coefficient (Wildman–Crippen LogP) is 1.54. The lowest BCUT2D eigenvalue weighted by Crippen LogP contribution is -1.98. The first kappa shape index (κ1) is 13.7. The molecule has 0 aliphatic rings. The van der Waals surface area contributed by atoms with Crippen LogP contribution in [-0.2, 0) is 11.8 Å². The minimum atomic E-state index is 0.299. The number of anilines is 1. The number of ether oxygens (including phenoxy) is 1. The SMILES string of the molecule is Cn1cc(-c2cc(Oc3cnc(N[C]=O)cn3)ccn2)cn1. The molecule has 0 saturated heterocycles.